The SMILES string of the molecule is Fc1cnc2nc1N1CCCC(COC/C=C/COCc3cc(ccc3OCCN3CCCC3)N2)C1. The van der Waals surface area contributed by atoms with Crippen molar-refractivity contribution in [2.24, 2.45) is 5.92 Å². The lowest BCUT2D eigenvalue weighted by molar-refractivity contribution is 0.113. The summed E-state index contributed by atoms with van der Waals surface area (Å²) in [6.07, 6.45) is 9.80. The van der Waals surface area contributed by atoms with E-state index in [0.29, 0.717) is 57.3 Å². The van der Waals surface area contributed by atoms with Crippen LogP contribution in [0.2, 0.25) is 0 Å². The van der Waals surface area contributed by atoms with E-state index in [1.807, 2.05) is 35.3 Å². The maximum atomic E-state index is 14.7. The third-order valence-electron chi connectivity index (χ3n) is 6.93. The van der Waals surface area contributed by atoms with Crippen LogP contribution in [0.3, 0.4) is 0 Å². The highest BCUT2D eigenvalue weighted by atomic mass is 19.1. The number of ether oxygens (including phenoxy) is 3. The third kappa shape index (κ3) is 6.72. The molecule has 2 saturated heterocycles. The van der Waals surface area contributed by atoms with Crippen LogP contribution in [0, 0.1) is 11.7 Å². The maximum Gasteiger partial charge on any atom is 0.229 e. The summed E-state index contributed by atoms with van der Waals surface area (Å²) in [4.78, 5) is 13.2. The van der Waals surface area contributed by atoms with E-state index in [9.17, 15) is 4.39 Å². The highest BCUT2D eigenvalue weighted by Gasteiger charge is 2.24. The first-order valence-electron chi connectivity index (χ1n) is 13.1. The summed E-state index contributed by atoms with van der Waals surface area (Å²) < 4.78 is 32.6. The van der Waals surface area contributed by atoms with Crippen molar-refractivity contribution >= 4 is 17.5 Å². The number of nitrogens with one attached hydrogen (secondary N) is 1. The van der Waals surface area contributed by atoms with E-state index in [1.54, 1.807) is 0 Å². The van der Waals surface area contributed by atoms with Gasteiger partial charge < -0.3 is 24.4 Å². The van der Waals surface area contributed by atoms with Crippen molar-refractivity contribution in [1.82, 2.24) is 14.9 Å². The van der Waals surface area contributed by atoms with E-state index < -0.39 is 5.82 Å². The van der Waals surface area contributed by atoms with Crippen molar-refractivity contribution in [2.75, 3.05) is 69.4 Å². The lowest BCUT2D eigenvalue weighted by atomic mass is 9.99. The van der Waals surface area contributed by atoms with Crippen LogP contribution >= 0.6 is 0 Å². The molecule has 2 aromatic rings. The topological polar surface area (TPSA) is 72.0 Å². The number of likely N-dealkylation sites (tertiary alicyclic amines) is 1. The highest BCUT2D eigenvalue weighted by Crippen LogP contribution is 2.28. The summed E-state index contributed by atoms with van der Waals surface area (Å²) in [7, 11) is 0. The minimum absolute atomic E-state index is 0.337. The van der Waals surface area contributed by atoms with Crippen LogP contribution in [-0.2, 0) is 16.1 Å². The Morgan fingerprint density at radius 3 is 2.83 bits per heavy atom. The van der Waals surface area contributed by atoms with Gasteiger partial charge in [0.1, 0.15) is 12.4 Å². The number of benzene rings is 1. The van der Waals surface area contributed by atoms with Gasteiger partial charge in [-0.05, 0) is 62.9 Å². The van der Waals surface area contributed by atoms with Gasteiger partial charge in [0.15, 0.2) is 11.6 Å². The number of piperidine rings is 1. The molecule has 36 heavy (non-hydrogen) atoms. The van der Waals surface area contributed by atoms with Crippen LogP contribution in [0.25, 0.3) is 0 Å². The van der Waals surface area contributed by atoms with Crippen LogP contribution in [0.5, 0.6) is 5.75 Å². The van der Waals surface area contributed by atoms with E-state index in [4.69, 9.17) is 14.2 Å². The zero-order valence-corrected chi connectivity index (χ0v) is 20.8. The number of anilines is 3. The Bertz CT molecular complexity index is 1030. The summed E-state index contributed by atoms with van der Waals surface area (Å²) in [5.74, 6) is 1.44. The van der Waals surface area contributed by atoms with E-state index in [0.717, 1.165) is 56.0 Å². The van der Waals surface area contributed by atoms with Crippen molar-refractivity contribution < 1.29 is 18.6 Å². The molecule has 0 spiro atoms. The monoisotopic (exact) mass is 497 g/mol. The van der Waals surface area contributed by atoms with E-state index in [2.05, 4.69) is 20.2 Å². The molecule has 0 aliphatic carbocycles. The Morgan fingerprint density at radius 2 is 1.94 bits per heavy atom. The van der Waals surface area contributed by atoms with Gasteiger partial charge in [0.05, 0.1) is 32.6 Å². The standard InChI is InChI=1S/C27H36FN5O3/c28-24-17-29-27-30-23-7-8-25(36-15-12-32-9-1-2-10-32)22(16-23)20-35-14-4-3-13-34-19-21-6-5-11-33(18-21)26(24)31-27/h3-4,7-8,16-17,21H,1-2,5-6,9-15,18-20H2,(H,29,30,31)/b4-3+. The van der Waals surface area contributed by atoms with Gasteiger partial charge in [0.25, 0.3) is 0 Å². The molecule has 6 bridgehead atoms. The quantitative estimate of drug-likeness (QED) is 0.632. The molecule has 0 saturated carbocycles. The van der Waals surface area contributed by atoms with Gasteiger partial charge in [-0.3, -0.25) is 4.90 Å². The lowest BCUT2D eigenvalue weighted by Gasteiger charge is -2.33. The number of hydrogen-bond acceptors (Lipinski definition) is 8. The highest BCUT2D eigenvalue weighted by molar-refractivity contribution is 5.58. The summed E-state index contributed by atoms with van der Waals surface area (Å²) in [5.41, 5.74) is 1.74. The number of aromatic nitrogens is 2. The molecule has 9 heteroatoms. The minimum atomic E-state index is -0.407. The molecule has 0 amide bonds. The van der Waals surface area contributed by atoms with Gasteiger partial charge in [-0.15, -0.1) is 0 Å². The van der Waals surface area contributed by atoms with Crippen LogP contribution in [0.1, 0.15) is 31.2 Å². The number of hydrogen-bond donors (Lipinski definition) is 1. The van der Waals surface area contributed by atoms with Crippen LogP contribution < -0.4 is 15.0 Å². The third-order valence-corrected chi connectivity index (χ3v) is 6.93. The molecule has 8 nitrogen and oxygen atoms in total. The maximum absolute atomic E-state index is 14.7. The molecule has 1 N–H and O–H groups in total. The van der Waals surface area contributed by atoms with E-state index in [1.165, 1.54) is 19.0 Å². The predicted molar refractivity (Wildman–Crippen MR) is 137 cm³/mol. The zero-order valence-electron chi connectivity index (χ0n) is 20.8. The Hall–Kier alpha value is -2.75. The smallest absolute Gasteiger partial charge is 0.229 e. The fraction of sp³-hybridized carbons (Fsp3) is 0.556. The molecule has 1 aromatic heterocycles. The molecule has 1 unspecified atom stereocenters. The first-order chi connectivity index (χ1) is 17.7. The lowest BCUT2D eigenvalue weighted by Crippen LogP contribution is -2.38. The summed E-state index contributed by atoms with van der Waals surface area (Å²) in [6, 6.07) is 5.88. The van der Waals surface area contributed by atoms with Gasteiger partial charge in [-0.1, -0.05) is 12.2 Å². The Labute approximate surface area is 212 Å². The van der Waals surface area contributed by atoms with Crippen molar-refractivity contribution in [3.63, 3.8) is 0 Å². The molecule has 0 radical (unpaired) electrons. The van der Waals surface area contributed by atoms with Crippen molar-refractivity contribution in [3.05, 3.63) is 47.9 Å². The second-order valence-electron chi connectivity index (χ2n) is 9.69. The second kappa shape index (κ2) is 12.5. The summed E-state index contributed by atoms with van der Waals surface area (Å²) in [5, 5.41) is 3.24. The molecule has 1 aromatic carbocycles. The van der Waals surface area contributed by atoms with Gasteiger partial charge >= 0.3 is 0 Å². The van der Waals surface area contributed by atoms with Gasteiger partial charge in [-0.2, -0.15) is 4.98 Å². The van der Waals surface area contributed by atoms with E-state index >= 15 is 0 Å². The number of halogens is 1. The number of nitrogens with zero attached hydrogens (tertiary/aromatic N) is 4. The van der Waals surface area contributed by atoms with Crippen LogP contribution in [-0.4, -0.2) is 74.0 Å². The minimum Gasteiger partial charge on any atom is -0.492 e. The van der Waals surface area contributed by atoms with Gasteiger partial charge in [0.2, 0.25) is 5.95 Å². The van der Waals surface area contributed by atoms with Crippen molar-refractivity contribution in [1.29, 1.82) is 0 Å². The molecule has 4 heterocycles. The molecule has 1 atom stereocenters. The van der Waals surface area contributed by atoms with Crippen molar-refractivity contribution in [2.45, 2.75) is 32.3 Å². The average molecular weight is 498 g/mol. The Morgan fingerprint density at radius 1 is 1.08 bits per heavy atom. The fourth-order valence-electron chi connectivity index (χ4n) is 5.04. The van der Waals surface area contributed by atoms with Crippen molar-refractivity contribution in [3.8, 4) is 5.75 Å². The van der Waals surface area contributed by atoms with E-state index in [-0.39, 0.29) is 0 Å². The molecular weight excluding hydrogens is 461 g/mol. The zero-order chi connectivity index (χ0) is 24.6. The normalized spacial score (nSPS) is 22.4. The first-order valence-corrected chi connectivity index (χ1v) is 13.1. The van der Waals surface area contributed by atoms with Crippen LogP contribution in [0.15, 0.2) is 36.5 Å². The number of fused-ring (bicyclic) bond motifs is 7. The fourth-order valence-corrected chi connectivity index (χ4v) is 5.04. The molecular formula is C27H36FN5O3. The molecule has 3 aliphatic rings. The van der Waals surface area contributed by atoms with Gasteiger partial charge in [0, 0.05) is 30.9 Å². The average Bonchev–Trinajstić information content (AvgIpc) is 3.41. The Kier molecular flexibility index (Phi) is 8.63. The van der Waals surface area contributed by atoms with Gasteiger partial charge in [-0.25, -0.2) is 9.37 Å². The molecule has 2 fully saturated rings. The predicted octanol–water partition coefficient (Wildman–Crippen LogP) is 4.15. The molecule has 3 aliphatic heterocycles. The van der Waals surface area contributed by atoms with Crippen LogP contribution in [0.4, 0.5) is 21.8 Å². The summed E-state index contributed by atoms with van der Waals surface area (Å²) in [6.45, 7) is 7.43. The molecule has 5 rings (SSSR count). The first kappa shape index (κ1) is 24.9. The Balaban J connectivity index is 1.35. The largest absolute Gasteiger partial charge is 0.492 e. The molecule has 194 valence electrons. The number of rotatable bonds is 4. The second-order valence-corrected chi connectivity index (χ2v) is 9.69. The summed E-state index contributed by atoms with van der Waals surface area (Å²) >= 11 is 0.